The fourth-order valence-corrected chi connectivity index (χ4v) is 1.66. The molecule has 0 radical (unpaired) electrons. The van der Waals surface area contributed by atoms with Gasteiger partial charge in [-0.3, -0.25) is 4.79 Å². The van der Waals surface area contributed by atoms with Crippen LogP contribution in [0.2, 0.25) is 5.02 Å². The summed E-state index contributed by atoms with van der Waals surface area (Å²) >= 11 is 5.84. The van der Waals surface area contributed by atoms with E-state index < -0.39 is 0 Å². The quantitative estimate of drug-likeness (QED) is 0.678. The van der Waals surface area contributed by atoms with Gasteiger partial charge in [0.2, 0.25) is 5.91 Å². The smallest absolute Gasteiger partial charge is 0.238 e. The van der Waals surface area contributed by atoms with Gasteiger partial charge in [0.1, 0.15) is 0 Å². The van der Waals surface area contributed by atoms with Crippen LogP contribution in [-0.4, -0.2) is 57.8 Å². The molecule has 0 aliphatic rings. The number of amides is 1. The van der Waals surface area contributed by atoms with Crippen LogP contribution in [0.15, 0.2) is 24.3 Å². The summed E-state index contributed by atoms with van der Waals surface area (Å²) in [7, 11) is 4.00. The van der Waals surface area contributed by atoms with Crippen molar-refractivity contribution in [1.82, 2.24) is 10.2 Å². The molecule has 1 aromatic rings. The molecule has 0 aliphatic heterocycles. The highest BCUT2D eigenvalue weighted by Crippen LogP contribution is 2.14. The number of anilines is 1. The van der Waals surface area contributed by atoms with Crippen molar-refractivity contribution in [2.24, 2.45) is 0 Å². The third-order valence-corrected chi connectivity index (χ3v) is 2.74. The molecule has 0 heterocycles. The molecule has 0 saturated heterocycles. The Morgan fingerprint density at radius 1 is 1.35 bits per heavy atom. The number of hydrogen-bond donors (Lipinski definition) is 2. The van der Waals surface area contributed by atoms with E-state index >= 15 is 0 Å². The third-order valence-electron chi connectivity index (χ3n) is 2.50. The number of likely N-dealkylation sites (N-methyl/N-ethyl adjacent to an activating group) is 1. The first kappa shape index (κ1) is 16.9. The Bertz CT molecular complexity index is 413. The molecule has 0 bridgehead atoms. The van der Waals surface area contributed by atoms with Crippen LogP contribution in [-0.2, 0) is 9.53 Å². The van der Waals surface area contributed by atoms with Crippen molar-refractivity contribution in [3.63, 3.8) is 0 Å². The van der Waals surface area contributed by atoms with Crippen LogP contribution < -0.4 is 10.6 Å². The average Bonchev–Trinajstić information content (AvgIpc) is 2.37. The van der Waals surface area contributed by atoms with Gasteiger partial charge in [-0.15, -0.1) is 0 Å². The van der Waals surface area contributed by atoms with Crippen LogP contribution in [0.1, 0.15) is 0 Å². The predicted octanol–water partition coefficient (Wildman–Crippen LogP) is 1.45. The summed E-state index contributed by atoms with van der Waals surface area (Å²) in [5.74, 6) is -0.0967. The summed E-state index contributed by atoms with van der Waals surface area (Å²) < 4.78 is 5.41. The molecule has 0 fully saturated rings. The Kier molecular flexibility index (Phi) is 8.22. The van der Waals surface area contributed by atoms with Gasteiger partial charge in [0.25, 0.3) is 0 Å². The standard InChI is InChI=1S/C14H22ClN3O2/c1-18(2)7-9-20-8-6-16-11-14(19)17-13-5-3-4-12(15)10-13/h3-5,10,16H,6-9,11H2,1-2H3,(H,17,19). The molecule has 0 spiro atoms. The Morgan fingerprint density at radius 3 is 2.85 bits per heavy atom. The fourth-order valence-electron chi connectivity index (χ4n) is 1.47. The first-order valence-corrected chi connectivity index (χ1v) is 6.94. The Labute approximate surface area is 125 Å². The second-order valence-electron chi connectivity index (χ2n) is 4.65. The summed E-state index contributed by atoms with van der Waals surface area (Å²) in [6.07, 6.45) is 0. The molecule has 0 saturated carbocycles. The minimum atomic E-state index is -0.0967. The molecule has 20 heavy (non-hydrogen) atoms. The minimum absolute atomic E-state index is 0.0967. The lowest BCUT2D eigenvalue weighted by atomic mass is 10.3. The maximum Gasteiger partial charge on any atom is 0.238 e. The number of carbonyl (C=O) groups excluding carboxylic acids is 1. The molecule has 2 N–H and O–H groups in total. The van der Waals surface area contributed by atoms with E-state index in [1.165, 1.54) is 0 Å². The molecule has 0 aromatic heterocycles. The van der Waals surface area contributed by atoms with Gasteiger partial charge in [-0.05, 0) is 32.3 Å². The molecule has 1 rings (SSSR count). The Balaban J connectivity index is 2.06. The van der Waals surface area contributed by atoms with Crippen molar-refractivity contribution in [1.29, 1.82) is 0 Å². The van der Waals surface area contributed by atoms with E-state index in [1.54, 1.807) is 24.3 Å². The van der Waals surface area contributed by atoms with Gasteiger partial charge >= 0.3 is 0 Å². The molecule has 0 atom stereocenters. The number of nitrogens with one attached hydrogen (secondary N) is 2. The molecule has 6 heteroatoms. The number of halogens is 1. The lowest BCUT2D eigenvalue weighted by Crippen LogP contribution is -2.31. The molecule has 1 aromatic carbocycles. The topological polar surface area (TPSA) is 53.6 Å². The van der Waals surface area contributed by atoms with Crippen molar-refractivity contribution >= 4 is 23.2 Å². The van der Waals surface area contributed by atoms with Crippen LogP contribution in [0.4, 0.5) is 5.69 Å². The molecule has 5 nitrogen and oxygen atoms in total. The van der Waals surface area contributed by atoms with Crippen LogP contribution >= 0.6 is 11.6 Å². The summed E-state index contributed by atoms with van der Waals surface area (Å²) in [4.78, 5) is 13.7. The van der Waals surface area contributed by atoms with Gasteiger partial charge in [0.05, 0.1) is 19.8 Å². The highest BCUT2D eigenvalue weighted by molar-refractivity contribution is 6.30. The Morgan fingerprint density at radius 2 is 2.15 bits per heavy atom. The highest BCUT2D eigenvalue weighted by Gasteiger charge is 2.01. The van der Waals surface area contributed by atoms with E-state index in [1.807, 2.05) is 14.1 Å². The second kappa shape index (κ2) is 9.72. The van der Waals surface area contributed by atoms with Gasteiger partial charge in [-0.25, -0.2) is 0 Å². The molecule has 112 valence electrons. The van der Waals surface area contributed by atoms with Crippen molar-refractivity contribution in [3.05, 3.63) is 29.3 Å². The average molecular weight is 300 g/mol. The maximum absolute atomic E-state index is 11.6. The van der Waals surface area contributed by atoms with Crippen LogP contribution in [0.5, 0.6) is 0 Å². The first-order valence-electron chi connectivity index (χ1n) is 6.56. The van der Waals surface area contributed by atoms with Crippen LogP contribution in [0, 0.1) is 0 Å². The fraction of sp³-hybridized carbons (Fsp3) is 0.500. The van der Waals surface area contributed by atoms with E-state index in [2.05, 4.69) is 15.5 Å². The Hall–Kier alpha value is -1.14. The van der Waals surface area contributed by atoms with Crippen LogP contribution in [0.25, 0.3) is 0 Å². The number of ether oxygens (including phenoxy) is 1. The molecule has 0 unspecified atom stereocenters. The lowest BCUT2D eigenvalue weighted by Gasteiger charge is -2.10. The van der Waals surface area contributed by atoms with E-state index in [9.17, 15) is 4.79 Å². The monoisotopic (exact) mass is 299 g/mol. The maximum atomic E-state index is 11.6. The molecular weight excluding hydrogens is 278 g/mol. The van der Waals surface area contributed by atoms with Crippen molar-refractivity contribution in [2.45, 2.75) is 0 Å². The predicted molar refractivity (Wildman–Crippen MR) is 82.3 cm³/mol. The molecule has 1 amide bonds. The van der Waals surface area contributed by atoms with Crippen molar-refractivity contribution in [2.75, 3.05) is 52.3 Å². The normalized spacial score (nSPS) is 10.8. The van der Waals surface area contributed by atoms with E-state index in [-0.39, 0.29) is 12.5 Å². The highest BCUT2D eigenvalue weighted by atomic mass is 35.5. The largest absolute Gasteiger partial charge is 0.379 e. The zero-order valence-corrected chi connectivity index (χ0v) is 12.7. The third kappa shape index (κ3) is 8.12. The minimum Gasteiger partial charge on any atom is -0.379 e. The SMILES string of the molecule is CN(C)CCOCCNCC(=O)Nc1cccc(Cl)c1. The summed E-state index contributed by atoms with van der Waals surface area (Å²) in [6, 6.07) is 7.07. The van der Waals surface area contributed by atoms with E-state index in [0.717, 1.165) is 6.54 Å². The number of carbonyl (C=O) groups is 1. The molecule has 0 aliphatic carbocycles. The molecular formula is C14H22ClN3O2. The lowest BCUT2D eigenvalue weighted by molar-refractivity contribution is -0.115. The zero-order chi connectivity index (χ0) is 14.8. The number of benzene rings is 1. The number of rotatable bonds is 9. The van der Waals surface area contributed by atoms with Crippen molar-refractivity contribution in [3.8, 4) is 0 Å². The number of hydrogen-bond acceptors (Lipinski definition) is 4. The summed E-state index contributed by atoms with van der Waals surface area (Å²) in [5.41, 5.74) is 0.700. The van der Waals surface area contributed by atoms with Gasteiger partial charge in [0.15, 0.2) is 0 Å². The zero-order valence-electron chi connectivity index (χ0n) is 12.0. The van der Waals surface area contributed by atoms with Crippen molar-refractivity contribution < 1.29 is 9.53 Å². The van der Waals surface area contributed by atoms with E-state index in [4.69, 9.17) is 16.3 Å². The summed E-state index contributed by atoms with van der Waals surface area (Å²) in [6.45, 7) is 3.09. The number of nitrogens with zero attached hydrogens (tertiary/aromatic N) is 1. The second-order valence-corrected chi connectivity index (χ2v) is 5.09. The van der Waals surface area contributed by atoms with Gasteiger partial charge in [-0.1, -0.05) is 17.7 Å². The van der Waals surface area contributed by atoms with Gasteiger partial charge in [0, 0.05) is 23.8 Å². The van der Waals surface area contributed by atoms with Crippen LogP contribution in [0.3, 0.4) is 0 Å². The summed E-state index contributed by atoms with van der Waals surface area (Å²) in [5, 5.41) is 6.39. The van der Waals surface area contributed by atoms with Gasteiger partial charge in [-0.2, -0.15) is 0 Å². The first-order chi connectivity index (χ1) is 9.58. The van der Waals surface area contributed by atoms with Gasteiger partial charge < -0.3 is 20.3 Å². The van der Waals surface area contributed by atoms with E-state index in [0.29, 0.717) is 30.5 Å².